The lowest BCUT2D eigenvalue weighted by molar-refractivity contribution is 0.293. The molecule has 1 unspecified atom stereocenters. The van der Waals surface area contributed by atoms with Crippen LogP contribution in [0.25, 0.3) is 0 Å². The lowest BCUT2D eigenvalue weighted by atomic mass is 9.80. The Morgan fingerprint density at radius 1 is 1.24 bits per heavy atom. The Hall–Kier alpha value is -0.900. The summed E-state index contributed by atoms with van der Waals surface area (Å²) in [5.74, 6) is 3.73. The van der Waals surface area contributed by atoms with E-state index < -0.39 is 0 Å². The van der Waals surface area contributed by atoms with E-state index >= 15 is 0 Å². The van der Waals surface area contributed by atoms with Crippen LogP contribution >= 0.6 is 0 Å². The zero-order valence-electron chi connectivity index (χ0n) is 14.1. The van der Waals surface area contributed by atoms with Crippen molar-refractivity contribution in [1.29, 1.82) is 0 Å². The van der Waals surface area contributed by atoms with Crippen LogP contribution in [-0.2, 0) is 6.42 Å². The summed E-state index contributed by atoms with van der Waals surface area (Å²) in [7, 11) is 2.00. The van der Waals surface area contributed by atoms with Gasteiger partial charge in [-0.15, -0.1) is 0 Å². The van der Waals surface area contributed by atoms with Crippen LogP contribution in [0.4, 0.5) is 0 Å². The molecule has 1 aliphatic rings. The van der Waals surface area contributed by atoms with Crippen LogP contribution in [0.3, 0.4) is 0 Å². The molecule has 120 valence electrons. The first kappa shape index (κ1) is 16.5. The standard InChI is InChI=1S/C17H31N3O/c1-5-6-13-7-9-14(10-8-13)17-19-16(21-20-17)11-15(18-4)12(2)3/h12-15,18H,5-11H2,1-4H3. The summed E-state index contributed by atoms with van der Waals surface area (Å²) in [6, 6.07) is 0.401. The van der Waals surface area contributed by atoms with E-state index in [0.717, 1.165) is 24.1 Å². The van der Waals surface area contributed by atoms with Crippen molar-refractivity contribution in [2.45, 2.75) is 77.7 Å². The summed E-state index contributed by atoms with van der Waals surface area (Å²) < 4.78 is 5.47. The number of rotatable bonds is 7. The number of hydrogen-bond donors (Lipinski definition) is 1. The molecule has 1 atom stereocenters. The Kier molecular flexibility index (Phi) is 6.22. The average molecular weight is 293 g/mol. The molecule has 0 spiro atoms. The molecule has 21 heavy (non-hydrogen) atoms. The van der Waals surface area contributed by atoms with Gasteiger partial charge in [0.15, 0.2) is 5.82 Å². The normalized spacial score (nSPS) is 24.4. The van der Waals surface area contributed by atoms with Gasteiger partial charge in [0.25, 0.3) is 0 Å². The van der Waals surface area contributed by atoms with Crippen molar-refractivity contribution in [2.24, 2.45) is 11.8 Å². The molecule has 1 aliphatic carbocycles. The lowest BCUT2D eigenvalue weighted by Gasteiger charge is -2.26. The molecule has 1 aromatic heterocycles. The van der Waals surface area contributed by atoms with Gasteiger partial charge in [-0.3, -0.25) is 0 Å². The zero-order valence-corrected chi connectivity index (χ0v) is 14.1. The highest BCUT2D eigenvalue weighted by Gasteiger charge is 2.26. The fourth-order valence-electron chi connectivity index (χ4n) is 3.49. The van der Waals surface area contributed by atoms with Crippen molar-refractivity contribution in [1.82, 2.24) is 15.5 Å². The quantitative estimate of drug-likeness (QED) is 0.827. The third kappa shape index (κ3) is 4.53. The molecule has 1 N–H and O–H groups in total. The topological polar surface area (TPSA) is 51.0 Å². The van der Waals surface area contributed by atoms with Gasteiger partial charge >= 0.3 is 0 Å². The number of nitrogens with one attached hydrogen (secondary N) is 1. The first-order valence-electron chi connectivity index (χ1n) is 8.63. The minimum absolute atomic E-state index is 0.401. The Labute approximate surface area is 129 Å². The molecular weight excluding hydrogens is 262 g/mol. The highest BCUT2D eigenvalue weighted by atomic mass is 16.5. The summed E-state index contributed by atoms with van der Waals surface area (Å²) >= 11 is 0. The van der Waals surface area contributed by atoms with Gasteiger partial charge in [0.1, 0.15) is 0 Å². The fourth-order valence-corrected chi connectivity index (χ4v) is 3.49. The highest BCUT2D eigenvalue weighted by molar-refractivity contribution is 4.99. The maximum atomic E-state index is 5.47. The van der Waals surface area contributed by atoms with Crippen molar-refractivity contribution >= 4 is 0 Å². The number of hydrogen-bond acceptors (Lipinski definition) is 4. The van der Waals surface area contributed by atoms with Gasteiger partial charge in [0.05, 0.1) is 0 Å². The second kappa shape index (κ2) is 7.92. The van der Waals surface area contributed by atoms with Gasteiger partial charge in [-0.25, -0.2) is 0 Å². The first-order valence-corrected chi connectivity index (χ1v) is 8.63. The van der Waals surface area contributed by atoms with Crippen LogP contribution in [0, 0.1) is 11.8 Å². The van der Waals surface area contributed by atoms with Crippen molar-refractivity contribution in [3.05, 3.63) is 11.7 Å². The molecule has 0 aliphatic heterocycles. The lowest BCUT2D eigenvalue weighted by Crippen LogP contribution is -2.32. The predicted molar refractivity (Wildman–Crippen MR) is 85.3 cm³/mol. The van der Waals surface area contributed by atoms with Gasteiger partial charge in [-0.2, -0.15) is 4.98 Å². The Bertz CT molecular complexity index is 408. The molecule has 4 nitrogen and oxygen atoms in total. The first-order chi connectivity index (χ1) is 10.1. The summed E-state index contributed by atoms with van der Waals surface area (Å²) in [6.45, 7) is 6.71. The van der Waals surface area contributed by atoms with Gasteiger partial charge < -0.3 is 9.84 Å². The van der Waals surface area contributed by atoms with E-state index in [0.29, 0.717) is 17.9 Å². The number of aromatic nitrogens is 2. The summed E-state index contributed by atoms with van der Waals surface area (Å²) in [6.07, 6.45) is 8.62. The summed E-state index contributed by atoms with van der Waals surface area (Å²) in [4.78, 5) is 4.66. The molecule has 0 saturated heterocycles. The van der Waals surface area contributed by atoms with E-state index in [1.165, 1.54) is 38.5 Å². The van der Waals surface area contributed by atoms with Crippen LogP contribution in [0.1, 0.15) is 76.9 Å². The molecule has 0 aromatic carbocycles. The van der Waals surface area contributed by atoms with Crippen LogP contribution in [0.5, 0.6) is 0 Å². The van der Waals surface area contributed by atoms with Crippen molar-refractivity contribution in [3.63, 3.8) is 0 Å². The van der Waals surface area contributed by atoms with Crippen molar-refractivity contribution in [3.8, 4) is 0 Å². The van der Waals surface area contributed by atoms with Crippen molar-refractivity contribution in [2.75, 3.05) is 7.05 Å². The van der Waals surface area contributed by atoms with Crippen LogP contribution < -0.4 is 5.32 Å². The van der Waals surface area contributed by atoms with Gasteiger partial charge in [-0.1, -0.05) is 38.8 Å². The molecule has 0 radical (unpaired) electrons. The summed E-state index contributed by atoms with van der Waals surface area (Å²) in [5, 5.41) is 7.57. The monoisotopic (exact) mass is 293 g/mol. The van der Waals surface area contributed by atoms with E-state index in [1.54, 1.807) is 0 Å². The molecule has 1 heterocycles. The summed E-state index contributed by atoms with van der Waals surface area (Å²) in [5.41, 5.74) is 0. The SMILES string of the molecule is CCCC1CCC(c2noc(CC(NC)C(C)C)n2)CC1. The molecular formula is C17H31N3O. The van der Waals surface area contributed by atoms with Crippen LogP contribution in [0.15, 0.2) is 4.52 Å². The molecule has 0 amide bonds. The van der Waals surface area contributed by atoms with E-state index in [4.69, 9.17) is 4.52 Å². The van der Waals surface area contributed by atoms with Gasteiger partial charge in [0, 0.05) is 18.4 Å². The third-order valence-corrected chi connectivity index (χ3v) is 4.96. The molecule has 4 heteroatoms. The molecule has 1 fully saturated rings. The number of likely N-dealkylation sites (N-methyl/N-ethyl adjacent to an activating group) is 1. The fraction of sp³-hybridized carbons (Fsp3) is 0.882. The van der Waals surface area contributed by atoms with E-state index in [-0.39, 0.29) is 0 Å². The van der Waals surface area contributed by atoms with Crippen LogP contribution in [-0.4, -0.2) is 23.2 Å². The van der Waals surface area contributed by atoms with E-state index in [1.807, 2.05) is 7.05 Å². The third-order valence-electron chi connectivity index (χ3n) is 4.96. The maximum Gasteiger partial charge on any atom is 0.228 e. The minimum atomic E-state index is 0.401. The maximum absolute atomic E-state index is 5.47. The highest BCUT2D eigenvalue weighted by Crippen LogP contribution is 2.36. The molecule has 1 saturated carbocycles. The van der Waals surface area contributed by atoms with Crippen molar-refractivity contribution < 1.29 is 4.52 Å². The Morgan fingerprint density at radius 2 is 1.95 bits per heavy atom. The van der Waals surface area contributed by atoms with E-state index in [9.17, 15) is 0 Å². The van der Waals surface area contributed by atoms with Gasteiger partial charge in [0.2, 0.25) is 5.89 Å². The van der Waals surface area contributed by atoms with E-state index in [2.05, 4.69) is 36.2 Å². The Morgan fingerprint density at radius 3 is 2.52 bits per heavy atom. The zero-order chi connectivity index (χ0) is 15.2. The molecule has 0 bridgehead atoms. The molecule has 1 aromatic rings. The molecule has 2 rings (SSSR count). The number of nitrogens with zero attached hydrogens (tertiary/aromatic N) is 2. The van der Waals surface area contributed by atoms with Gasteiger partial charge in [-0.05, 0) is 44.6 Å². The smallest absolute Gasteiger partial charge is 0.228 e. The predicted octanol–water partition coefficient (Wildman–Crippen LogP) is 3.93. The second-order valence-corrected chi connectivity index (χ2v) is 6.90. The Balaban J connectivity index is 1.88. The average Bonchev–Trinajstić information content (AvgIpc) is 2.94. The second-order valence-electron chi connectivity index (χ2n) is 6.90. The largest absolute Gasteiger partial charge is 0.339 e. The van der Waals surface area contributed by atoms with Crippen LogP contribution in [0.2, 0.25) is 0 Å². The minimum Gasteiger partial charge on any atom is -0.339 e.